The number of rotatable bonds is 4. The lowest BCUT2D eigenvalue weighted by Gasteiger charge is -2.29. The largest absolute Gasteiger partial charge is 0.293 e. The average molecular weight is 309 g/mol. The molecular weight excluding hydrogens is 286 g/mol. The van der Waals surface area contributed by atoms with Gasteiger partial charge in [-0.15, -0.1) is 0 Å². The lowest BCUT2D eigenvalue weighted by molar-refractivity contribution is 0.0829. The molecule has 1 aliphatic heterocycles. The molecule has 4 nitrogen and oxygen atoms in total. The molecule has 0 amide bonds. The lowest BCUT2D eigenvalue weighted by atomic mass is 9.97. The normalized spacial score (nSPS) is 22.4. The maximum atomic E-state index is 12.7. The number of sulfone groups is 1. The van der Waals surface area contributed by atoms with Crippen molar-refractivity contribution in [3.63, 3.8) is 0 Å². The van der Waals surface area contributed by atoms with Crippen molar-refractivity contribution in [3.8, 4) is 0 Å². The first kappa shape index (κ1) is 16.2. The van der Waals surface area contributed by atoms with Crippen LogP contribution in [0.25, 0.3) is 0 Å². The minimum Gasteiger partial charge on any atom is -0.293 e. The minimum absolute atomic E-state index is 0.0564. The summed E-state index contributed by atoms with van der Waals surface area (Å²) in [6.45, 7) is 5.75. The van der Waals surface area contributed by atoms with Gasteiger partial charge in [-0.1, -0.05) is 17.7 Å². The van der Waals surface area contributed by atoms with E-state index in [9.17, 15) is 13.2 Å². The summed E-state index contributed by atoms with van der Waals surface area (Å²) in [5, 5.41) is 0. The molecule has 1 aromatic rings. The highest BCUT2D eigenvalue weighted by Gasteiger charge is 2.34. The van der Waals surface area contributed by atoms with E-state index < -0.39 is 9.84 Å². The van der Waals surface area contributed by atoms with E-state index in [1.807, 2.05) is 50.9 Å². The van der Waals surface area contributed by atoms with Gasteiger partial charge in [0.05, 0.1) is 17.5 Å². The molecule has 2 rings (SSSR count). The summed E-state index contributed by atoms with van der Waals surface area (Å²) < 4.78 is 23.2. The summed E-state index contributed by atoms with van der Waals surface area (Å²) in [6.07, 6.45) is 0.614. The third kappa shape index (κ3) is 3.52. The number of hydrogen-bond acceptors (Lipinski definition) is 4. The Morgan fingerprint density at radius 2 is 2.00 bits per heavy atom. The van der Waals surface area contributed by atoms with Crippen molar-refractivity contribution < 1.29 is 13.2 Å². The molecule has 0 aliphatic carbocycles. The number of carbonyl (C=O) groups excluding carboxylic acids is 1. The second-order valence-electron chi connectivity index (χ2n) is 6.08. The first-order valence-electron chi connectivity index (χ1n) is 7.25. The first-order chi connectivity index (χ1) is 9.71. The first-order valence-corrected chi connectivity index (χ1v) is 9.07. The average Bonchev–Trinajstić information content (AvgIpc) is 2.79. The van der Waals surface area contributed by atoms with Gasteiger partial charge in [0, 0.05) is 11.6 Å². The highest BCUT2D eigenvalue weighted by atomic mass is 32.2. The number of benzene rings is 1. The molecule has 1 saturated heterocycles. The zero-order chi connectivity index (χ0) is 15.8. The summed E-state index contributed by atoms with van der Waals surface area (Å²) in [4.78, 5) is 14.6. The van der Waals surface area contributed by atoms with Crippen LogP contribution >= 0.6 is 0 Å². The summed E-state index contributed by atoms with van der Waals surface area (Å²) >= 11 is 0. The molecule has 21 heavy (non-hydrogen) atoms. The van der Waals surface area contributed by atoms with Gasteiger partial charge in [-0.2, -0.15) is 0 Å². The molecule has 0 N–H and O–H groups in total. The Morgan fingerprint density at radius 3 is 2.57 bits per heavy atom. The van der Waals surface area contributed by atoms with Crippen LogP contribution in [-0.4, -0.2) is 49.7 Å². The number of likely N-dealkylation sites (N-methyl/N-ethyl adjacent to an activating group) is 1. The quantitative estimate of drug-likeness (QED) is 0.798. The zero-order valence-corrected chi connectivity index (χ0v) is 13.9. The summed E-state index contributed by atoms with van der Waals surface area (Å²) in [5.41, 5.74) is 2.75. The Balaban J connectivity index is 2.17. The van der Waals surface area contributed by atoms with Gasteiger partial charge in [0.2, 0.25) is 0 Å². The van der Waals surface area contributed by atoms with Crippen molar-refractivity contribution in [2.24, 2.45) is 0 Å². The van der Waals surface area contributed by atoms with Crippen LogP contribution in [0.5, 0.6) is 0 Å². The predicted octanol–water partition coefficient (Wildman–Crippen LogP) is 1.99. The molecule has 5 heteroatoms. The molecule has 2 atom stereocenters. The number of nitrogens with zero attached hydrogens (tertiary/aromatic N) is 1. The van der Waals surface area contributed by atoms with Gasteiger partial charge in [0.15, 0.2) is 15.6 Å². The summed E-state index contributed by atoms with van der Waals surface area (Å²) in [7, 11) is -1.09. The number of ketones is 1. The van der Waals surface area contributed by atoms with Crippen molar-refractivity contribution in [1.29, 1.82) is 0 Å². The van der Waals surface area contributed by atoms with E-state index in [0.717, 1.165) is 16.7 Å². The van der Waals surface area contributed by atoms with E-state index in [1.54, 1.807) is 0 Å². The summed E-state index contributed by atoms with van der Waals surface area (Å²) in [5.74, 6) is 0.448. The molecule has 116 valence electrons. The second kappa shape index (κ2) is 5.89. The smallest absolute Gasteiger partial charge is 0.179 e. The predicted molar refractivity (Wildman–Crippen MR) is 84.5 cm³/mol. The van der Waals surface area contributed by atoms with E-state index in [1.165, 1.54) is 0 Å². The van der Waals surface area contributed by atoms with Crippen LogP contribution < -0.4 is 0 Å². The highest BCUT2D eigenvalue weighted by Crippen LogP contribution is 2.21. The van der Waals surface area contributed by atoms with E-state index in [-0.39, 0.29) is 29.4 Å². The number of aryl methyl sites for hydroxylation is 2. The van der Waals surface area contributed by atoms with Gasteiger partial charge >= 0.3 is 0 Å². The fourth-order valence-electron chi connectivity index (χ4n) is 2.82. The van der Waals surface area contributed by atoms with Crippen LogP contribution in [0.3, 0.4) is 0 Å². The number of hydrogen-bond donors (Lipinski definition) is 0. The van der Waals surface area contributed by atoms with Crippen molar-refractivity contribution in [2.75, 3.05) is 18.6 Å². The van der Waals surface area contributed by atoms with Crippen LogP contribution in [0, 0.1) is 13.8 Å². The van der Waals surface area contributed by atoms with Crippen molar-refractivity contribution in [1.82, 2.24) is 4.90 Å². The molecule has 1 fully saturated rings. The second-order valence-corrected chi connectivity index (χ2v) is 8.31. The molecule has 0 bridgehead atoms. The Kier molecular flexibility index (Phi) is 4.54. The molecule has 2 unspecified atom stereocenters. The van der Waals surface area contributed by atoms with E-state index in [2.05, 4.69) is 0 Å². The Labute approximate surface area is 127 Å². The van der Waals surface area contributed by atoms with Gasteiger partial charge in [-0.05, 0) is 45.9 Å². The Bertz CT molecular complexity index is 651. The van der Waals surface area contributed by atoms with Gasteiger partial charge in [-0.3, -0.25) is 9.69 Å². The van der Waals surface area contributed by atoms with Crippen LogP contribution in [0.15, 0.2) is 18.2 Å². The summed E-state index contributed by atoms with van der Waals surface area (Å²) in [6, 6.07) is 5.48. The molecular formula is C16H23NO3S. The Hall–Kier alpha value is -1.20. The molecule has 0 radical (unpaired) electrons. The van der Waals surface area contributed by atoms with Crippen molar-refractivity contribution in [3.05, 3.63) is 34.9 Å². The van der Waals surface area contributed by atoms with Gasteiger partial charge in [0.1, 0.15) is 0 Å². The van der Waals surface area contributed by atoms with E-state index in [4.69, 9.17) is 0 Å². The van der Waals surface area contributed by atoms with Gasteiger partial charge in [0.25, 0.3) is 0 Å². The topological polar surface area (TPSA) is 54.5 Å². The van der Waals surface area contributed by atoms with E-state index in [0.29, 0.717) is 6.42 Å². The third-order valence-electron chi connectivity index (χ3n) is 4.43. The zero-order valence-electron chi connectivity index (χ0n) is 13.1. The molecule has 1 aromatic carbocycles. The maximum Gasteiger partial charge on any atom is 0.179 e. The molecule has 0 spiro atoms. The number of Topliss-reactive ketones (excluding diaryl/α,β-unsaturated/α-hetero) is 1. The van der Waals surface area contributed by atoms with Crippen molar-refractivity contribution >= 4 is 15.6 Å². The molecule has 1 aliphatic rings. The Morgan fingerprint density at radius 1 is 1.33 bits per heavy atom. The van der Waals surface area contributed by atoms with E-state index >= 15 is 0 Å². The molecule has 0 saturated carbocycles. The standard InChI is InChI=1S/C16H23NO3S/c1-11-5-6-12(2)15(9-11)16(18)13(3)17(4)14-7-8-21(19,20)10-14/h5-6,9,13-14H,7-8,10H2,1-4H3. The fourth-order valence-corrected chi connectivity index (χ4v) is 4.61. The van der Waals surface area contributed by atoms with Crippen LogP contribution in [-0.2, 0) is 9.84 Å². The van der Waals surface area contributed by atoms with Gasteiger partial charge < -0.3 is 0 Å². The minimum atomic E-state index is -2.93. The SMILES string of the molecule is Cc1ccc(C)c(C(=O)C(C)N(C)C2CCS(=O)(=O)C2)c1. The van der Waals surface area contributed by atoms with Crippen LogP contribution in [0.4, 0.5) is 0 Å². The van der Waals surface area contributed by atoms with Crippen LogP contribution in [0.1, 0.15) is 34.8 Å². The van der Waals surface area contributed by atoms with Crippen molar-refractivity contribution in [2.45, 2.75) is 39.3 Å². The highest BCUT2D eigenvalue weighted by molar-refractivity contribution is 7.91. The lowest BCUT2D eigenvalue weighted by Crippen LogP contribution is -2.43. The molecule has 0 aromatic heterocycles. The fraction of sp³-hybridized carbons (Fsp3) is 0.562. The molecule has 1 heterocycles. The number of carbonyl (C=O) groups is 1. The monoisotopic (exact) mass is 309 g/mol. The van der Waals surface area contributed by atoms with Gasteiger partial charge in [-0.25, -0.2) is 8.42 Å². The maximum absolute atomic E-state index is 12.7. The van der Waals surface area contributed by atoms with Crippen LogP contribution in [0.2, 0.25) is 0 Å². The third-order valence-corrected chi connectivity index (χ3v) is 6.18.